The van der Waals surface area contributed by atoms with Crippen molar-refractivity contribution in [2.45, 2.75) is 51.6 Å². The van der Waals surface area contributed by atoms with Gasteiger partial charge in [0.05, 0.1) is 0 Å². The van der Waals surface area contributed by atoms with Gasteiger partial charge in [-0.15, -0.1) is 0 Å². The van der Waals surface area contributed by atoms with E-state index < -0.39 is 0 Å². The van der Waals surface area contributed by atoms with Crippen LogP contribution in [-0.2, 0) is 13.0 Å². The topological polar surface area (TPSA) is 29.3 Å². The average Bonchev–Trinajstić information content (AvgIpc) is 2.41. The second-order valence-electron chi connectivity index (χ2n) is 6.05. The minimum Gasteiger partial charge on any atom is -0.330 e. The van der Waals surface area contributed by atoms with Crippen LogP contribution in [0.1, 0.15) is 43.7 Å². The molecule has 2 atom stereocenters. The van der Waals surface area contributed by atoms with Gasteiger partial charge in [-0.3, -0.25) is 4.90 Å². The number of nitrogens with zero attached hydrogens (tertiary/aromatic N) is 1. The van der Waals surface area contributed by atoms with Crippen LogP contribution in [0.3, 0.4) is 0 Å². The Hall–Kier alpha value is -0.860. The third kappa shape index (κ3) is 3.80. The quantitative estimate of drug-likeness (QED) is 0.881. The van der Waals surface area contributed by atoms with E-state index >= 15 is 0 Å². The zero-order valence-corrected chi connectivity index (χ0v) is 12.4. The van der Waals surface area contributed by atoms with Gasteiger partial charge in [-0.1, -0.05) is 44.0 Å². The van der Waals surface area contributed by atoms with Gasteiger partial charge in [0, 0.05) is 12.6 Å². The van der Waals surface area contributed by atoms with Crippen molar-refractivity contribution in [1.29, 1.82) is 0 Å². The molecular weight excluding hydrogens is 232 g/mol. The van der Waals surface area contributed by atoms with Gasteiger partial charge >= 0.3 is 0 Å². The van der Waals surface area contributed by atoms with Crippen molar-refractivity contribution in [3.63, 3.8) is 0 Å². The highest BCUT2D eigenvalue weighted by molar-refractivity contribution is 5.27. The van der Waals surface area contributed by atoms with Crippen LogP contribution in [0.25, 0.3) is 0 Å². The summed E-state index contributed by atoms with van der Waals surface area (Å²) < 4.78 is 0. The molecule has 0 radical (unpaired) electrons. The van der Waals surface area contributed by atoms with Crippen molar-refractivity contribution in [1.82, 2.24) is 4.90 Å². The Labute approximate surface area is 118 Å². The highest BCUT2D eigenvalue weighted by Gasteiger charge is 2.25. The van der Waals surface area contributed by atoms with Crippen molar-refractivity contribution in [3.8, 4) is 0 Å². The molecule has 1 aromatic carbocycles. The third-order valence-electron chi connectivity index (χ3n) is 4.58. The van der Waals surface area contributed by atoms with Crippen molar-refractivity contribution < 1.29 is 0 Å². The lowest BCUT2D eigenvalue weighted by Gasteiger charge is -2.36. The van der Waals surface area contributed by atoms with Gasteiger partial charge in [0.2, 0.25) is 0 Å². The van der Waals surface area contributed by atoms with E-state index in [2.05, 4.69) is 43.1 Å². The first-order chi connectivity index (χ1) is 9.22. The van der Waals surface area contributed by atoms with Crippen molar-refractivity contribution >= 4 is 0 Å². The summed E-state index contributed by atoms with van der Waals surface area (Å²) >= 11 is 0. The fraction of sp³-hybridized carbons (Fsp3) is 0.647. The summed E-state index contributed by atoms with van der Waals surface area (Å²) in [5.74, 6) is 0.834. The molecule has 0 heterocycles. The lowest BCUT2D eigenvalue weighted by Crippen LogP contribution is -2.38. The van der Waals surface area contributed by atoms with E-state index in [9.17, 15) is 0 Å². The molecule has 1 saturated carbocycles. The molecule has 0 aliphatic heterocycles. The lowest BCUT2D eigenvalue weighted by atomic mass is 9.85. The standard InChI is InChI=1S/C17H28N2/c1-14-7-3-6-10-17(14)19(2)13-16-9-5-4-8-15(16)11-12-18/h4-5,8-9,14,17H,3,6-7,10-13,18H2,1-2H3. The molecule has 0 amide bonds. The van der Waals surface area contributed by atoms with Gasteiger partial charge < -0.3 is 5.73 Å². The van der Waals surface area contributed by atoms with Gasteiger partial charge in [0.15, 0.2) is 0 Å². The number of benzene rings is 1. The predicted molar refractivity (Wildman–Crippen MR) is 82.1 cm³/mol. The van der Waals surface area contributed by atoms with Crippen LogP contribution in [0.5, 0.6) is 0 Å². The largest absolute Gasteiger partial charge is 0.330 e. The van der Waals surface area contributed by atoms with Crippen molar-refractivity contribution in [2.24, 2.45) is 11.7 Å². The zero-order valence-electron chi connectivity index (χ0n) is 12.4. The lowest BCUT2D eigenvalue weighted by molar-refractivity contribution is 0.133. The number of nitrogens with two attached hydrogens (primary N) is 1. The predicted octanol–water partition coefficient (Wildman–Crippen LogP) is 3.20. The van der Waals surface area contributed by atoms with Gasteiger partial charge in [0.25, 0.3) is 0 Å². The molecule has 0 bridgehead atoms. The van der Waals surface area contributed by atoms with Gasteiger partial charge in [-0.05, 0) is 49.9 Å². The maximum absolute atomic E-state index is 5.71. The summed E-state index contributed by atoms with van der Waals surface area (Å²) in [5.41, 5.74) is 8.58. The van der Waals surface area contributed by atoms with Gasteiger partial charge in [0.1, 0.15) is 0 Å². The van der Waals surface area contributed by atoms with E-state index in [1.54, 1.807) is 0 Å². The number of rotatable bonds is 5. The summed E-state index contributed by atoms with van der Waals surface area (Å²) in [4.78, 5) is 2.55. The first-order valence-corrected chi connectivity index (χ1v) is 7.69. The highest BCUT2D eigenvalue weighted by Crippen LogP contribution is 2.28. The van der Waals surface area contributed by atoms with E-state index in [1.165, 1.54) is 36.8 Å². The Morgan fingerprint density at radius 2 is 1.84 bits per heavy atom. The Bertz CT molecular complexity index is 389. The Balaban J connectivity index is 2.03. The zero-order chi connectivity index (χ0) is 13.7. The van der Waals surface area contributed by atoms with Gasteiger partial charge in [-0.2, -0.15) is 0 Å². The summed E-state index contributed by atoms with van der Waals surface area (Å²) in [6, 6.07) is 9.50. The van der Waals surface area contributed by atoms with Crippen LogP contribution in [0.4, 0.5) is 0 Å². The summed E-state index contributed by atoms with van der Waals surface area (Å²) in [5, 5.41) is 0. The summed E-state index contributed by atoms with van der Waals surface area (Å²) in [7, 11) is 2.28. The SMILES string of the molecule is CC1CCCCC1N(C)Cc1ccccc1CCN. The van der Waals surface area contributed by atoms with E-state index in [1.807, 2.05) is 0 Å². The maximum Gasteiger partial charge on any atom is 0.0236 e. The van der Waals surface area contributed by atoms with Crippen LogP contribution in [0.15, 0.2) is 24.3 Å². The number of hydrogen-bond acceptors (Lipinski definition) is 2. The molecule has 19 heavy (non-hydrogen) atoms. The maximum atomic E-state index is 5.71. The molecule has 2 nitrogen and oxygen atoms in total. The smallest absolute Gasteiger partial charge is 0.0236 e. The van der Waals surface area contributed by atoms with Crippen LogP contribution in [-0.4, -0.2) is 24.5 Å². The minimum absolute atomic E-state index is 0.737. The van der Waals surface area contributed by atoms with Gasteiger partial charge in [-0.25, -0.2) is 0 Å². The monoisotopic (exact) mass is 260 g/mol. The van der Waals surface area contributed by atoms with Crippen molar-refractivity contribution in [2.75, 3.05) is 13.6 Å². The van der Waals surface area contributed by atoms with E-state index in [0.29, 0.717) is 0 Å². The van der Waals surface area contributed by atoms with Crippen LogP contribution < -0.4 is 5.73 Å². The molecule has 1 aliphatic rings. The third-order valence-corrected chi connectivity index (χ3v) is 4.58. The number of hydrogen-bond donors (Lipinski definition) is 1. The molecule has 2 N–H and O–H groups in total. The molecule has 0 saturated heterocycles. The van der Waals surface area contributed by atoms with E-state index in [0.717, 1.165) is 31.5 Å². The minimum atomic E-state index is 0.737. The second-order valence-corrected chi connectivity index (χ2v) is 6.05. The molecule has 0 spiro atoms. The first-order valence-electron chi connectivity index (χ1n) is 7.69. The molecule has 0 aromatic heterocycles. The molecule has 1 fully saturated rings. The second kappa shape index (κ2) is 7.06. The molecule has 2 heteroatoms. The molecule has 1 aromatic rings. The van der Waals surface area contributed by atoms with E-state index in [-0.39, 0.29) is 0 Å². The fourth-order valence-corrected chi connectivity index (χ4v) is 3.45. The normalized spacial score (nSPS) is 23.8. The Morgan fingerprint density at radius 1 is 1.16 bits per heavy atom. The Kier molecular flexibility index (Phi) is 5.41. The van der Waals surface area contributed by atoms with Crippen molar-refractivity contribution in [3.05, 3.63) is 35.4 Å². The molecule has 2 rings (SSSR count). The van der Waals surface area contributed by atoms with Crippen LogP contribution in [0, 0.1) is 5.92 Å². The first kappa shape index (κ1) is 14.5. The molecule has 2 unspecified atom stereocenters. The summed E-state index contributed by atoms with van der Waals surface area (Å²) in [6.45, 7) is 4.21. The van der Waals surface area contributed by atoms with E-state index in [4.69, 9.17) is 5.73 Å². The fourth-order valence-electron chi connectivity index (χ4n) is 3.45. The van der Waals surface area contributed by atoms with Crippen LogP contribution >= 0.6 is 0 Å². The Morgan fingerprint density at radius 3 is 2.53 bits per heavy atom. The average molecular weight is 260 g/mol. The summed E-state index contributed by atoms with van der Waals surface area (Å²) in [6.07, 6.45) is 6.54. The highest BCUT2D eigenvalue weighted by atomic mass is 15.1. The molecule has 1 aliphatic carbocycles. The molecular formula is C17H28N2. The van der Waals surface area contributed by atoms with Crippen LogP contribution in [0.2, 0.25) is 0 Å². The molecule has 106 valence electrons.